The van der Waals surface area contributed by atoms with E-state index in [1.165, 1.54) is 31.2 Å². The molecule has 2 heteroatoms. The molecule has 0 bridgehead atoms. The summed E-state index contributed by atoms with van der Waals surface area (Å²) in [5.74, 6) is 0.941. The molecule has 0 aliphatic heterocycles. The molecule has 1 aliphatic carbocycles. The van der Waals surface area contributed by atoms with Crippen LogP contribution in [0.1, 0.15) is 59.4 Å². The van der Waals surface area contributed by atoms with Crippen molar-refractivity contribution >= 4 is 5.78 Å². The van der Waals surface area contributed by atoms with Crippen LogP contribution in [0.3, 0.4) is 0 Å². The molecule has 0 spiro atoms. The number of rotatable bonds is 3. The van der Waals surface area contributed by atoms with E-state index in [9.17, 15) is 4.79 Å². The Morgan fingerprint density at radius 2 is 1.81 bits per heavy atom. The summed E-state index contributed by atoms with van der Waals surface area (Å²) in [5, 5.41) is 0. The van der Waals surface area contributed by atoms with Gasteiger partial charge in [-0.1, -0.05) is 25.7 Å². The third-order valence-corrected chi connectivity index (χ3v) is 4.04. The predicted molar refractivity (Wildman–Crippen MR) is 65.9 cm³/mol. The van der Waals surface area contributed by atoms with Gasteiger partial charge in [0.2, 0.25) is 0 Å². The molecule has 88 valence electrons. The van der Waals surface area contributed by atoms with Crippen LogP contribution in [0.4, 0.5) is 0 Å². The van der Waals surface area contributed by atoms with Crippen LogP contribution in [0.15, 0.2) is 0 Å². The molecular weight excluding hydrogens is 198 g/mol. The highest BCUT2D eigenvalue weighted by molar-refractivity contribution is 5.96. The van der Waals surface area contributed by atoms with Crippen molar-refractivity contribution in [3.63, 3.8) is 0 Å². The lowest BCUT2D eigenvalue weighted by atomic mass is 9.98. The topological polar surface area (TPSA) is 32.9 Å². The molecule has 0 amide bonds. The summed E-state index contributed by atoms with van der Waals surface area (Å²) in [4.78, 5) is 15.4. The molecule has 0 aromatic carbocycles. The Bertz CT molecular complexity index is 397. The Morgan fingerprint density at radius 3 is 2.31 bits per heavy atom. The summed E-state index contributed by atoms with van der Waals surface area (Å²) in [5.41, 5.74) is 4.35. The fourth-order valence-electron chi connectivity index (χ4n) is 2.70. The first kappa shape index (κ1) is 11.4. The molecule has 0 radical (unpaired) electrons. The maximum atomic E-state index is 12.2. The quantitative estimate of drug-likeness (QED) is 0.772. The Balaban J connectivity index is 2.11. The molecule has 16 heavy (non-hydrogen) atoms. The number of hydrogen-bond acceptors (Lipinski definition) is 1. The fourth-order valence-corrected chi connectivity index (χ4v) is 2.70. The second-order valence-electron chi connectivity index (χ2n) is 5.15. The van der Waals surface area contributed by atoms with Gasteiger partial charge in [0.15, 0.2) is 5.78 Å². The van der Waals surface area contributed by atoms with Crippen molar-refractivity contribution in [3.05, 3.63) is 22.5 Å². The van der Waals surface area contributed by atoms with Crippen molar-refractivity contribution in [2.24, 2.45) is 5.92 Å². The molecule has 1 aliphatic rings. The van der Waals surface area contributed by atoms with Crippen LogP contribution in [0.5, 0.6) is 0 Å². The summed E-state index contributed by atoms with van der Waals surface area (Å²) in [6.07, 6.45) is 5.83. The number of carbonyl (C=O) groups excluding carboxylic acids is 1. The molecule has 1 heterocycles. The number of nitrogens with one attached hydrogen (secondary N) is 1. The molecule has 1 saturated carbocycles. The fraction of sp³-hybridized carbons (Fsp3) is 0.643. The van der Waals surface area contributed by atoms with Crippen LogP contribution in [-0.4, -0.2) is 10.8 Å². The number of H-pyrrole nitrogens is 1. The van der Waals surface area contributed by atoms with Crippen LogP contribution < -0.4 is 0 Å². The van der Waals surface area contributed by atoms with Crippen LogP contribution in [0.2, 0.25) is 0 Å². The molecule has 0 atom stereocenters. The third kappa shape index (κ3) is 2.06. The summed E-state index contributed by atoms with van der Waals surface area (Å²) >= 11 is 0. The average Bonchev–Trinajstić information content (AvgIpc) is 2.83. The number of aryl methyl sites for hydroxylation is 1. The Morgan fingerprint density at radius 1 is 1.19 bits per heavy atom. The van der Waals surface area contributed by atoms with Crippen molar-refractivity contribution in [1.29, 1.82) is 0 Å². The number of carbonyl (C=O) groups is 1. The lowest BCUT2D eigenvalue weighted by Crippen LogP contribution is -2.07. The van der Waals surface area contributed by atoms with Crippen LogP contribution >= 0.6 is 0 Å². The summed E-state index contributed by atoms with van der Waals surface area (Å²) in [6, 6.07) is 0. The zero-order chi connectivity index (χ0) is 11.7. The molecule has 1 aromatic rings. The van der Waals surface area contributed by atoms with E-state index in [-0.39, 0.29) is 0 Å². The van der Waals surface area contributed by atoms with E-state index in [1.54, 1.807) is 0 Å². The Labute approximate surface area is 97.4 Å². The van der Waals surface area contributed by atoms with Crippen molar-refractivity contribution in [2.45, 2.75) is 52.9 Å². The minimum atomic E-state index is 0.306. The van der Waals surface area contributed by atoms with Crippen LogP contribution in [0, 0.1) is 26.7 Å². The van der Waals surface area contributed by atoms with Gasteiger partial charge in [-0.05, 0) is 37.8 Å². The Kier molecular flexibility index (Phi) is 3.17. The number of Topliss-reactive ketones (excluding diaryl/α,β-unsaturated/α-hetero) is 1. The molecule has 1 fully saturated rings. The first-order chi connectivity index (χ1) is 7.59. The van der Waals surface area contributed by atoms with Gasteiger partial charge < -0.3 is 4.98 Å². The molecular formula is C14H21NO. The van der Waals surface area contributed by atoms with E-state index in [2.05, 4.69) is 11.9 Å². The molecule has 0 unspecified atom stereocenters. The third-order valence-electron chi connectivity index (χ3n) is 4.04. The van der Waals surface area contributed by atoms with Crippen LogP contribution in [0.25, 0.3) is 0 Å². The lowest BCUT2D eigenvalue weighted by molar-refractivity contribution is 0.0957. The molecule has 2 nitrogen and oxygen atoms in total. The molecule has 2 rings (SSSR count). The highest BCUT2D eigenvalue weighted by Crippen LogP contribution is 2.29. The number of aromatic nitrogens is 1. The smallest absolute Gasteiger partial charge is 0.179 e. The van der Waals surface area contributed by atoms with Crippen LogP contribution in [-0.2, 0) is 0 Å². The zero-order valence-corrected chi connectivity index (χ0v) is 10.5. The summed E-state index contributed by atoms with van der Waals surface area (Å²) in [7, 11) is 0. The SMILES string of the molecule is Cc1[nH]c(C(=O)CC2CCCC2)c(C)c1C. The first-order valence-corrected chi connectivity index (χ1v) is 6.28. The van der Waals surface area contributed by atoms with Gasteiger partial charge in [0.25, 0.3) is 0 Å². The normalized spacial score (nSPS) is 16.9. The number of aromatic amines is 1. The first-order valence-electron chi connectivity index (χ1n) is 6.28. The highest BCUT2D eigenvalue weighted by atomic mass is 16.1. The van der Waals surface area contributed by atoms with Crippen molar-refractivity contribution in [2.75, 3.05) is 0 Å². The van der Waals surface area contributed by atoms with Gasteiger partial charge in [-0.3, -0.25) is 4.79 Å². The maximum absolute atomic E-state index is 12.2. The molecule has 1 aromatic heterocycles. The monoisotopic (exact) mass is 219 g/mol. The van der Waals surface area contributed by atoms with E-state index in [1.807, 2.05) is 13.8 Å². The second kappa shape index (κ2) is 4.44. The predicted octanol–water partition coefficient (Wildman–Crippen LogP) is 3.70. The van der Waals surface area contributed by atoms with E-state index in [0.29, 0.717) is 11.7 Å². The van der Waals surface area contributed by atoms with Crippen molar-refractivity contribution in [1.82, 2.24) is 4.98 Å². The summed E-state index contributed by atoms with van der Waals surface area (Å²) < 4.78 is 0. The lowest BCUT2D eigenvalue weighted by Gasteiger charge is -2.07. The zero-order valence-electron chi connectivity index (χ0n) is 10.5. The van der Waals surface area contributed by atoms with E-state index in [4.69, 9.17) is 0 Å². The van der Waals surface area contributed by atoms with Gasteiger partial charge in [0.05, 0.1) is 5.69 Å². The molecule has 1 N–H and O–H groups in total. The second-order valence-corrected chi connectivity index (χ2v) is 5.15. The highest BCUT2D eigenvalue weighted by Gasteiger charge is 2.21. The largest absolute Gasteiger partial charge is 0.356 e. The van der Waals surface area contributed by atoms with Gasteiger partial charge >= 0.3 is 0 Å². The standard InChI is InChI=1S/C14H21NO/c1-9-10(2)14(15-11(9)3)13(16)8-12-6-4-5-7-12/h12,15H,4-8H2,1-3H3. The minimum absolute atomic E-state index is 0.306. The number of ketones is 1. The van der Waals surface area contributed by atoms with Gasteiger partial charge in [-0.25, -0.2) is 0 Å². The van der Waals surface area contributed by atoms with E-state index in [0.717, 1.165) is 23.4 Å². The molecule has 0 saturated heterocycles. The average molecular weight is 219 g/mol. The van der Waals surface area contributed by atoms with Gasteiger partial charge in [0, 0.05) is 12.1 Å². The Hall–Kier alpha value is -1.05. The number of hydrogen-bond donors (Lipinski definition) is 1. The maximum Gasteiger partial charge on any atom is 0.179 e. The van der Waals surface area contributed by atoms with Crippen molar-refractivity contribution < 1.29 is 4.79 Å². The van der Waals surface area contributed by atoms with Gasteiger partial charge in [-0.2, -0.15) is 0 Å². The summed E-state index contributed by atoms with van der Waals surface area (Å²) in [6.45, 7) is 6.16. The van der Waals surface area contributed by atoms with E-state index >= 15 is 0 Å². The van der Waals surface area contributed by atoms with E-state index < -0.39 is 0 Å². The van der Waals surface area contributed by atoms with Gasteiger partial charge in [0.1, 0.15) is 0 Å². The minimum Gasteiger partial charge on any atom is -0.356 e. The van der Waals surface area contributed by atoms with Crippen molar-refractivity contribution in [3.8, 4) is 0 Å². The van der Waals surface area contributed by atoms with Gasteiger partial charge in [-0.15, -0.1) is 0 Å².